The van der Waals surface area contributed by atoms with Crippen LogP contribution in [0.25, 0.3) is 0 Å². The molecule has 2 rings (SSSR count). The molecular formula is C15H23N. The van der Waals surface area contributed by atoms with E-state index in [2.05, 4.69) is 49.1 Å². The first-order valence-corrected chi connectivity index (χ1v) is 6.55. The second-order valence-electron chi connectivity index (χ2n) is 5.42. The summed E-state index contributed by atoms with van der Waals surface area (Å²) in [7, 11) is 0. The van der Waals surface area contributed by atoms with Crippen molar-refractivity contribution < 1.29 is 0 Å². The second-order valence-corrected chi connectivity index (χ2v) is 5.42. The maximum absolute atomic E-state index is 2.55. The Balaban J connectivity index is 1.97. The van der Waals surface area contributed by atoms with Crippen molar-refractivity contribution >= 4 is 5.69 Å². The van der Waals surface area contributed by atoms with E-state index in [1.165, 1.54) is 38.0 Å². The lowest BCUT2D eigenvalue weighted by atomic mass is 9.89. The average Bonchev–Trinajstić information content (AvgIpc) is 2.30. The number of nitrogens with zero attached hydrogens (tertiary/aromatic N) is 1. The number of hydrogen-bond acceptors (Lipinski definition) is 1. The number of piperidine rings is 1. The highest BCUT2D eigenvalue weighted by molar-refractivity contribution is 5.46. The van der Waals surface area contributed by atoms with Gasteiger partial charge < -0.3 is 4.90 Å². The van der Waals surface area contributed by atoms with Gasteiger partial charge in [-0.15, -0.1) is 0 Å². The van der Waals surface area contributed by atoms with Crippen molar-refractivity contribution in [3.05, 3.63) is 30.3 Å². The molecule has 0 saturated carbocycles. The van der Waals surface area contributed by atoms with Crippen LogP contribution in [0.3, 0.4) is 0 Å². The predicted octanol–water partition coefficient (Wildman–Crippen LogP) is 3.95. The Hall–Kier alpha value is -0.980. The van der Waals surface area contributed by atoms with Crippen LogP contribution in [0.2, 0.25) is 0 Å². The van der Waals surface area contributed by atoms with Crippen LogP contribution in [0.5, 0.6) is 0 Å². The van der Waals surface area contributed by atoms with Gasteiger partial charge in [0.2, 0.25) is 0 Å². The topological polar surface area (TPSA) is 3.24 Å². The summed E-state index contributed by atoms with van der Waals surface area (Å²) >= 11 is 0. The summed E-state index contributed by atoms with van der Waals surface area (Å²) < 4.78 is 0. The molecule has 1 saturated heterocycles. The fraction of sp³-hybridized carbons (Fsp3) is 0.600. The van der Waals surface area contributed by atoms with Crippen LogP contribution in [-0.2, 0) is 0 Å². The molecule has 1 heterocycles. The van der Waals surface area contributed by atoms with Crippen LogP contribution >= 0.6 is 0 Å². The van der Waals surface area contributed by atoms with Gasteiger partial charge in [-0.1, -0.05) is 32.0 Å². The molecule has 0 spiro atoms. The molecule has 0 radical (unpaired) electrons. The molecule has 1 nitrogen and oxygen atoms in total. The first-order chi connectivity index (χ1) is 7.75. The fourth-order valence-corrected chi connectivity index (χ4v) is 2.80. The molecule has 1 aliphatic heterocycles. The van der Waals surface area contributed by atoms with Gasteiger partial charge in [-0.05, 0) is 43.2 Å². The molecule has 1 unspecified atom stereocenters. The Kier molecular flexibility index (Phi) is 3.87. The van der Waals surface area contributed by atoms with Gasteiger partial charge in [-0.25, -0.2) is 0 Å². The summed E-state index contributed by atoms with van der Waals surface area (Å²) in [5.41, 5.74) is 1.40. The van der Waals surface area contributed by atoms with E-state index in [1.54, 1.807) is 0 Å². The fourth-order valence-electron chi connectivity index (χ4n) is 2.80. The minimum Gasteiger partial charge on any atom is -0.371 e. The van der Waals surface area contributed by atoms with Crippen LogP contribution in [0.1, 0.15) is 33.1 Å². The lowest BCUT2D eigenvalue weighted by Crippen LogP contribution is -2.35. The number of benzene rings is 1. The van der Waals surface area contributed by atoms with E-state index in [-0.39, 0.29) is 0 Å². The van der Waals surface area contributed by atoms with E-state index in [9.17, 15) is 0 Å². The standard InChI is InChI=1S/C15H23N/c1-13(2)11-14-7-6-10-16(12-14)15-8-4-3-5-9-15/h3-5,8-9,13-14H,6-7,10-12H2,1-2H3. The summed E-state index contributed by atoms with van der Waals surface area (Å²) in [4.78, 5) is 2.55. The number of para-hydroxylation sites is 1. The number of rotatable bonds is 3. The van der Waals surface area contributed by atoms with Crippen LogP contribution in [-0.4, -0.2) is 13.1 Å². The monoisotopic (exact) mass is 217 g/mol. The number of hydrogen-bond donors (Lipinski definition) is 0. The van der Waals surface area contributed by atoms with Crippen molar-refractivity contribution in [2.45, 2.75) is 33.1 Å². The van der Waals surface area contributed by atoms with E-state index in [4.69, 9.17) is 0 Å². The molecule has 0 aliphatic carbocycles. The summed E-state index contributed by atoms with van der Waals surface area (Å²) in [6.45, 7) is 7.16. The smallest absolute Gasteiger partial charge is 0.0366 e. The van der Waals surface area contributed by atoms with Gasteiger partial charge in [-0.2, -0.15) is 0 Å². The quantitative estimate of drug-likeness (QED) is 0.741. The van der Waals surface area contributed by atoms with Gasteiger partial charge in [-0.3, -0.25) is 0 Å². The largest absolute Gasteiger partial charge is 0.371 e. The molecule has 1 atom stereocenters. The molecule has 1 aliphatic rings. The molecule has 16 heavy (non-hydrogen) atoms. The first kappa shape index (κ1) is 11.5. The lowest BCUT2D eigenvalue weighted by molar-refractivity contribution is 0.347. The van der Waals surface area contributed by atoms with E-state index < -0.39 is 0 Å². The van der Waals surface area contributed by atoms with E-state index in [0.29, 0.717) is 0 Å². The molecule has 88 valence electrons. The van der Waals surface area contributed by atoms with Crippen molar-refractivity contribution in [1.82, 2.24) is 0 Å². The summed E-state index contributed by atoms with van der Waals surface area (Å²) in [5, 5.41) is 0. The Morgan fingerprint density at radius 2 is 2.00 bits per heavy atom. The van der Waals surface area contributed by atoms with E-state index >= 15 is 0 Å². The molecule has 1 aromatic rings. The van der Waals surface area contributed by atoms with Crippen LogP contribution in [0.4, 0.5) is 5.69 Å². The van der Waals surface area contributed by atoms with Crippen LogP contribution in [0, 0.1) is 11.8 Å². The predicted molar refractivity (Wildman–Crippen MR) is 70.8 cm³/mol. The zero-order valence-corrected chi connectivity index (χ0v) is 10.5. The van der Waals surface area contributed by atoms with Gasteiger partial charge in [0.05, 0.1) is 0 Å². The zero-order valence-electron chi connectivity index (χ0n) is 10.5. The highest BCUT2D eigenvalue weighted by Crippen LogP contribution is 2.26. The Labute approximate surface area is 99.5 Å². The van der Waals surface area contributed by atoms with Crippen LogP contribution in [0.15, 0.2) is 30.3 Å². The van der Waals surface area contributed by atoms with Gasteiger partial charge in [0.25, 0.3) is 0 Å². The third-order valence-corrected chi connectivity index (χ3v) is 3.45. The Morgan fingerprint density at radius 1 is 1.25 bits per heavy atom. The molecular weight excluding hydrogens is 194 g/mol. The lowest BCUT2D eigenvalue weighted by Gasteiger charge is -2.35. The van der Waals surface area contributed by atoms with Crippen LogP contribution < -0.4 is 4.90 Å². The van der Waals surface area contributed by atoms with Gasteiger partial charge >= 0.3 is 0 Å². The van der Waals surface area contributed by atoms with Crippen molar-refractivity contribution in [3.8, 4) is 0 Å². The minimum atomic E-state index is 0.834. The number of anilines is 1. The van der Waals surface area contributed by atoms with E-state index in [0.717, 1.165) is 11.8 Å². The molecule has 0 amide bonds. The normalized spacial score (nSPS) is 21.4. The molecule has 0 aromatic heterocycles. The van der Waals surface area contributed by atoms with Crippen molar-refractivity contribution in [1.29, 1.82) is 0 Å². The summed E-state index contributed by atoms with van der Waals surface area (Å²) in [6.07, 6.45) is 4.15. The highest BCUT2D eigenvalue weighted by atomic mass is 15.1. The molecule has 0 N–H and O–H groups in total. The van der Waals surface area contributed by atoms with Gasteiger partial charge in [0.1, 0.15) is 0 Å². The first-order valence-electron chi connectivity index (χ1n) is 6.55. The molecule has 1 heteroatoms. The highest BCUT2D eigenvalue weighted by Gasteiger charge is 2.20. The maximum atomic E-state index is 2.55. The second kappa shape index (κ2) is 5.38. The SMILES string of the molecule is CC(C)CC1CCCN(c2ccccc2)C1. The zero-order chi connectivity index (χ0) is 11.4. The Morgan fingerprint density at radius 3 is 2.69 bits per heavy atom. The van der Waals surface area contributed by atoms with Crippen molar-refractivity contribution in [3.63, 3.8) is 0 Å². The Bertz CT molecular complexity index is 304. The van der Waals surface area contributed by atoms with Crippen molar-refractivity contribution in [2.75, 3.05) is 18.0 Å². The molecule has 0 bridgehead atoms. The van der Waals surface area contributed by atoms with Gasteiger partial charge in [0.15, 0.2) is 0 Å². The minimum absolute atomic E-state index is 0.834. The third kappa shape index (κ3) is 3.01. The summed E-state index contributed by atoms with van der Waals surface area (Å²) in [5.74, 6) is 1.73. The van der Waals surface area contributed by atoms with Crippen molar-refractivity contribution in [2.24, 2.45) is 11.8 Å². The molecule has 1 fully saturated rings. The summed E-state index contributed by atoms with van der Waals surface area (Å²) in [6, 6.07) is 10.8. The third-order valence-electron chi connectivity index (χ3n) is 3.45. The average molecular weight is 217 g/mol. The van der Waals surface area contributed by atoms with Gasteiger partial charge in [0, 0.05) is 18.8 Å². The molecule has 1 aromatic carbocycles. The maximum Gasteiger partial charge on any atom is 0.0366 e. The van der Waals surface area contributed by atoms with E-state index in [1.807, 2.05) is 0 Å².